The van der Waals surface area contributed by atoms with Crippen molar-refractivity contribution in [3.8, 4) is 0 Å². The van der Waals surface area contributed by atoms with Crippen LogP contribution in [0.3, 0.4) is 0 Å². The molecule has 2 amide bonds. The van der Waals surface area contributed by atoms with Crippen molar-refractivity contribution >= 4 is 23.4 Å². The van der Waals surface area contributed by atoms with E-state index in [0.29, 0.717) is 25.1 Å². The standard InChI is InChI=1S/C22H24ClFN4O4/c1-26-8-3-9-27-21(26)14-7-6-13-15(18(29)19(30)17(22(27)32)28(13)14)20(31)25-10-11-4-2-5-12(23)16(11)24/h2,4-5,14,18,21,29-30H,3,6-10H2,1H3,(H,25,31). The Morgan fingerprint density at radius 3 is 2.91 bits per heavy atom. The number of nitrogens with one attached hydrogen (secondary N) is 1. The van der Waals surface area contributed by atoms with Gasteiger partial charge in [-0.15, -0.1) is 0 Å². The summed E-state index contributed by atoms with van der Waals surface area (Å²) in [5, 5.41) is 24.2. The van der Waals surface area contributed by atoms with Crippen LogP contribution in [-0.4, -0.2) is 75.2 Å². The number of hydrogen-bond donors (Lipinski definition) is 3. The molecule has 4 aliphatic rings. The van der Waals surface area contributed by atoms with Crippen molar-refractivity contribution < 1.29 is 24.2 Å². The Labute approximate surface area is 189 Å². The molecule has 3 saturated heterocycles. The maximum absolute atomic E-state index is 14.2. The van der Waals surface area contributed by atoms with Crippen molar-refractivity contribution in [2.45, 2.75) is 44.1 Å². The van der Waals surface area contributed by atoms with Gasteiger partial charge in [0.05, 0.1) is 16.6 Å². The van der Waals surface area contributed by atoms with E-state index in [1.165, 1.54) is 12.1 Å². The number of carbonyl (C=O) groups excluding carboxylic acids is 2. The quantitative estimate of drug-likeness (QED) is 0.629. The predicted molar refractivity (Wildman–Crippen MR) is 114 cm³/mol. The van der Waals surface area contributed by atoms with Gasteiger partial charge in [-0.25, -0.2) is 4.39 Å². The number of rotatable bonds is 3. The van der Waals surface area contributed by atoms with Crippen LogP contribution in [0.15, 0.2) is 40.9 Å². The van der Waals surface area contributed by atoms with Crippen molar-refractivity contribution in [3.05, 3.63) is 57.3 Å². The summed E-state index contributed by atoms with van der Waals surface area (Å²) in [4.78, 5) is 31.9. The molecule has 3 N–H and O–H groups in total. The average molecular weight is 463 g/mol. The minimum atomic E-state index is -1.62. The van der Waals surface area contributed by atoms with Gasteiger partial charge in [-0.2, -0.15) is 0 Å². The van der Waals surface area contributed by atoms with Crippen LogP contribution in [0, 0.1) is 5.82 Å². The number of likely N-dealkylation sites (N-methyl/N-ethyl adjacent to an activating group) is 1. The molecule has 0 radical (unpaired) electrons. The Morgan fingerprint density at radius 2 is 2.12 bits per heavy atom. The zero-order valence-corrected chi connectivity index (χ0v) is 18.3. The molecule has 0 bridgehead atoms. The number of amides is 2. The van der Waals surface area contributed by atoms with Crippen molar-refractivity contribution in [3.63, 3.8) is 0 Å². The molecule has 0 aliphatic carbocycles. The highest BCUT2D eigenvalue weighted by Gasteiger charge is 2.55. The number of benzene rings is 1. The molecule has 170 valence electrons. The second-order valence-corrected chi connectivity index (χ2v) is 9.02. The molecule has 0 saturated carbocycles. The number of hydrogen-bond acceptors (Lipinski definition) is 6. The third-order valence-corrected chi connectivity index (χ3v) is 7.12. The minimum Gasteiger partial charge on any atom is -0.507 e. The van der Waals surface area contributed by atoms with Gasteiger partial charge in [-0.1, -0.05) is 23.7 Å². The number of aliphatic hydroxyl groups excluding tert-OH is 2. The summed E-state index contributed by atoms with van der Waals surface area (Å²) in [6.45, 7) is 1.31. The minimum absolute atomic E-state index is 0.00380. The average Bonchev–Trinajstić information content (AvgIpc) is 3.19. The van der Waals surface area contributed by atoms with Crippen molar-refractivity contribution in [2.75, 3.05) is 20.1 Å². The molecule has 0 aromatic heterocycles. The monoisotopic (exact) mass is 462 g/mol. The van der Waals surface area contributed by atoms with Crippen LogP contribution < -0.4 is 5.32 Å². The third-order valence-electron chi connectivity index (χ3n) is 6.83. The summed E-state index contributed by atoms with van der Waals surface area (Å²) in [6.07, 6.45) is 0.209. The fraction of sp³-hybridized carbons (Fsp3) is 0.455. The van der Waals surface area contributed by atoms with Gasteiger partial charge in [0.2, 0.25) is 0 Å². The lowest BCUT2D eigenvalue weighted by Crippen LogP contribution is -2.67. The Kier molecular flexibility index (Phi) is 5.15. The first-order chi connectivity index (χ1) is 15.3. The number of allylic oxidation sites excluding steroid dienone is 1. The maximum atomic E-state index is 14.2. The van der Waals surface area contributed by atoms with Crippen LogP contribution in [0.25, 0.3) is 0 Å². The van der Waals surface area contributed by atoms with Crippen LogP contribution in [0.5, 0.6) is 0 Å². The van der Waals surface area contributed by atoms with E-state index in [4.69, 9.17) is 11.6 Å². The number of aliphatic hydroxyl groups is 2. The molecule has 32 heavy (non-hydrogen) atoms. The first-order valence-electron chi connectivity index (χ1n) is 10.7. The van der Waals surface area contributed by atoms with Gasteiger partial charge >= 0.3 is 0 Å². The van der Waals surface area contributed by atoms with E-state index in [9.17, 15) is 24.2 Å². The van der Waals surface area contributed by atoms with E-state index in [1.807, 2.05) is 7.05 Å². The molecule has 1 aromatic rings. The zero-order valence-electron chi connectivity index (χ0n) is 17.5. The second-order valence-electron chi connectivity index (χ2n) is 8.61. The molecule has 8 nitrogen and oxygen atoms in total. The van der Waals surface area contributed by atoms with Gasteiger partial charge in [0.1, 0.15) is 23.8 Å². The van der Waals surface area contributed by atoms with Crippen LogP contribution >= 0.6 is 11.6 Å². The SMILES string of the molecule is CN1CCCN2C(=O)C3=C(O)C(O)C(C(=O)NCc4cccc(Cl)c4F)=C4CCC(C12)N43. The van der Waals surface area contributed by atoms with Crippen molar-refractivity contribution in [1.29, 1.82) is 0 Å². The number of piperazine rings is 1. The van der Waals surface area contributed by atoms with Crippen LogP contribution in [0.1, 0.15) is 24.8 Å². The normalized spacial score (nSPS) is 27.6. The van der Waals surface area contributed by atoms with E-state index >= 15 is 0 Å². The number of fused-ring (bicyclic) bond motifs is 2. The molecular formula is C22H24ClFN4O4. The van der Waals surface area contributed by atoms with Gasteiger partial charge in [0, 0.05) is 30.9 Å². The first kappa shape index (κ1) is 21.2. The molecule has 5 rings (SSSR count). The van der Waals surface area contributed by atoms with Gasteiger partial charge in [0.15, 0.2) is 5.76 Å². The molecule has 4 heterocycles. The lowest BCUT2D eigenvalue weighted by Gasteiger charge is -2.53. The molecule has 3 atom stereocenters. The Hall–Kier alpha value is -2.62. The summed E-state index contributed by atoms with van der Waals surface area (Å²) in [7, 11) is 1.96. The molecule has 3 unspecified atom stereocenters. The molecular weight excluding hydrogens is 439 g/mol. The third kappa shape index (κ3) is 3.02. The van der Waals surface area contributed by atoms with E-state index in [0.717, 1.165) is 13.0 Å². The first-order valence-corrected chi connectivity index (χ1v) is 11.0. The Bertz CT molecular complexity index is 1070. The molecule has 1 aromatic carbocycles. The van der Waals surface area contributed by atoms with Crippen LogP contribution in [0.2, 0.25) is 5.02 Å². The van der Waals surface area contributed by atoms with Gasteiger partial charge in [-0.05, 0) is 32.4 Å². The maximum Gasteiger partial charge on any atom is 0.275 e. The van der Waals surface area contributed by atoms with E-state index in [-0.39, 0.29) is 46.5 Å². The lowest BCUT2D eigenvalue weighted by molar-refractivity contribution is -0.148. The number of carbonyl (C=O) groups is 2. The van der Waals surface area contributed by atoms with E-state index < -0.39 is 23.6 Å². The highest BCUT2D eigenvalue weighted by molar-refractivity contribution is 6.30. The fourth-order valence-electron chi connectivity index (χ4n) is 5.41. The summed E-state index contributed by atoms with van der Waals surface area (Å²) in [6, 6.07) is 4.39. The zero-order chi connectivity index (χ0) is 22.7. The van der Waals surface area contributed by atoms with Crippen molar-refractivity contribution in [2.24, 2.45) is 0 Å². The number of nitrogens with zero attached hydrogens (tertiary/aromatic N) is 3. The molecule has 0 spiro atoms. The lowest BCUT2D eigenvalue weighted by atomic mass is 9.94. The predicted octanol–water partition coefficient (Wildman–Crippen LogP) is 1.46. The fourth-order valence-corrected chi connectivity index (χ4v) is 5.60. The largest absolute Gasteiger partial charge is 0.507 e. The summed E-state index contributed by atoms with van der Waals surface area (Å²) < 4.78 is 14.2. The highest BCUT2D eigenvalue weighted by atomic mass is 35.5. The summed E-state index contributed by atoms with van der Waals surface area (Å²) in [5.41, 5.74) is 0.792. The Morgan fingerprint density at radius 1 is 1.34 bits per heavy atom. The molecule has 10 heteroatoms. The van der Waals surface area contributed by atoms with Crippen LogP contribution in [0.4, 0.5) is 4.39 Å². The van der Waals surface area contributed by atoms with Crippen LogP contribution in [-0.2, 0) is 16.1 Å². The van der Waals surface area contributed by atoms with Gasteiger partial charge in [-0.3, -0.25) is 14.5 Å². The summed E-state index contributed by atoms with van der Waals surface area (Å²) in [5.74, 6) is -2.10. The second kappa shape index (κ2) is 7.75. The van der Waals surface area contributed by atoms with E-state index in [2.05, 4.69) is 10.2 Å². The van der Waals surface area contributed by atoms with E-state index in [1.54, 1.807) is 15.9 Å². The number of halogens is 2. The highest BCUT2D eigenvalue weighted by Crippen LogP contribution is 2.46. The summed E-state index contributed by atoms with van der Waals surface area (Å²) >= 11 is 5.81. The smallest absolute Gasteiger partial charge is 0.275 e. The Balaban J connectivity index is 1.47. The molecule has 3 fully saturated rings. The topological polar surface area (TPSA) is 96.4 Å². The van der Waals surface area contributed by atoms with Gasteiger partial charge < -0.3 is 25.3 Å². The van der Waals surface area contributed by atoms with Gasteiger partial charge in [0.25, 0.3) is 11.8 Å². The van der Waals surface area contributed by atoms with Crippen molar-refractivity contribution in [1.82, 2.24) is 20.0 Å². The molecule has 4 aliphatic heterocycles.